The molecule has 0 aromatic heterocycles. The molecule has 0 radical (unpaired) electrons. The Hall–Kier alpha value is -1.60. The second-order valence-corrected chi connectivity index (χ2v) is 7.24. The summed E-state index contributed by atoms with van der Waals surface area (Å²) in [5, 5.41) is 3.26. The van der Waals surface area contributed by atoms with Crippen LogP contribution < -0.4 is 10.0 Å². The summed E-state index contributed by atoms with van der Waals surface area (Å²) < 4.78 is 25.9. The average Bonchev–Trinajstić information content (AvgIpc) is 2.76. The number of hydrogen-bond acceptors (Lipinski definition) is 4. The highest BCUT2D eigenvalue weighted by Crippen LogP contribution is 2.14. The van der Waals surface area contributed by atoms with Crippen LogP contribution in [-0.4, -0.2) is 51.2 Å². The van der Waals surface area contributed by atoms with Crippen molar-refractivity contribution < 1.29 is 13.2 Å². The SMILES string of the molecule is CCCS(=O)(=O)Nc1ccc(C(=O)N2CCCNCC2)cc1. The van der Waals surface area contributed by atoms with Crippen LogP contribution in [0.25, 0.3) is 0 Å². The summed E-state index contributed by atoms with van der Waals surface area (Å²) in [5.74, 6) is 0.0840. The van der Waals surface area contributed by atoms with Crippen LogP contribution in [0.4, 0.5) is 5.69 Å². The lowest BCUT2D eigenvalue weighted by Gasteiger charge is -2.20. The standard InChI is InChI=1S/C15H23N3O3S/c1-2-12-22(20,21)17-14-6-4-13(5-7-14)15(19)18-10-3-8-16-9-11-18/h4-7,16-17H,2-3,8-12H2,1H3. The largest absolute Gasteiger partial charge is 0.337 e. The van der Waals surface area contributed by atoms with Gasteiger partial charge in [0.25, 0.3) is 5.91 Å². The molecule has 1 aromatic rings. The van der Waals surface area contributed by atoms with Crippen molar-refractivity contribution in [1.82, 2.24) is 10.2 Å². The summed E-state index contributed by atoms with van der Waals surface area (Å²) in [6.07, 6.45) is 1.51. The number of rotatable bonds is 5. The lowest BCUT2D eigenvalue weighted by atomic mass is 10.2. The van der Waals surface area contributed by atoms with E-state index in [-0.39, 0.29) is 11.7 Å². The molecule has 122 valence electrons. The lowest BCUT2D eigenvalue weighted by Crippen LogP contribution is -2.34. The zero-order valence-corrected chi connectivity index (χ0v) is 13.7. The van der Waals surface area contributed by atoms with Crippen molar-refractivity contribution in [3.8, 4) is 0 Å². The molecule has 2 rings (SSSR count). The molecule has 1 aliphatic heterocycles. The number of anilines is 1. The first-order chi connectivity index (χ1) is 10.5. The number of carbonyl (C=O) groups is 1. The predicted molar refractivity (Wildman–Crippen MR) is 87.5 cm³/mol. The van der Waals surface area contributed by atoms with Crippen LogP contribution in [-0.2, 0) is 10.0 Å². The van der Waals surface area contributed by atoms with Crippen LogP contribution in [0.5, 0.6) is 0 Å². The van der Waals surface area contributed by atoms with Crippen molar-refractivity contribution in [3.05, 3.63) is 29.8 Å². The maximum atomic E-state index is 12.4. The maximum absolute atomic E-state index is 12.4. The van der Waals surface area contributed by atoms with Gasteiger partial charge >= 0.3 is 0 Å². The van der Waals surface area contributed by atoms with E-state index < -0.39 is 10.0 Å². The first-order valence-electron chi connectivity index (χ1n) is 7.62. The van der Waals surface area contributed by atoms with Gasteiger partial charge in [-0.05, 0) is 43.7 Å². The minimum atomic E-state index is -3.30. The van der Waals surface area contributed by atoms with E-state index in [1.807, 2.05) is 11.8 Å². The molecule has 1 aromatic carbocycles. The van der Waals surface area contributed by atoms with Crippen molar-refractivity contribution in [2.75, 3.05) is 36.7 Å². The van der Waals surface area contributed by atoms with Gasteiger partial charge in [-0.1, -0.05) is 6.92 Å². The molecular formula is C15H23N3O3S. The third-order valence-corrected chi connectivity index (χ3v) is 5.00. The Morgan fingerprint density at radius 2 is 1.95 bits per heavy atom. The number of nitrogens with zero attached hydrogens (tertiary/aromatic N) is 1. The highest BCUT2D eigenvalue weighted by Gasteiger charge is 2.17. The summed E-state index contributed by atoms with van der Waals surface area (Å²) in [6, 6.07) is 6.61. The summed E-state index contributed by atoms with van der Waals surface area (Å²) in [5.41, 5.74) is 1.07. The number of benzene rings is 1. The van der Waals surface area contributed by atoms with Crippen molar-refractivity contribution in [2.45, 2.75) is 19.8 Å². The number of nitrogens with one attached hydrogen (secondary N) is 2. The van der Waals surface area contributed by atoms with Crippen LogP contribution >= 0.6 is 0 Å². The third kappa shape index (κ3) is 4.71. The van der Waals surface area contributed by atoms with Gasteiger partial charge in [0, 0.05) is 30.9 Å². The molecule has 0 aliphatic carbocycles. The van der Waals surface area contributed by atoms with Crippen LogP contribution in [0.1, 0.15) is 30.1 Å². The van der Waals surface area contributed by atoms with Crippen LogP contribution in [0.2, 0.25) is 0 Å². The monoisotopic (exact) mass is 325 g/mol. The van der Waals surface area contributed by atoms with Crippen molar-refractivity contribution in [2.24, 2.45) is 0 Å². The summed E-state index contributed by atoms with van der Waals surface area (Å²) in [7, 11) is -3.30. The van der Waals surface area contributed by atoms with E-state index in [9.17, 15) is 13.2 Å². The fourth-order valence-corrected chi connectivity index (χ4v) is 3.55. The van der Waals surface area contributed by atoms with Gasteiger partial charge in [-0.2, -0.15) is 0 Å². The number of carbonyl (C=O) groups excluding carboxylic acids is 1. The molecule has 7 heteroatoms. The topological polar surface area (TPSA) is 78.5 Å². The summed E-state index contributed by atoms with van der Waals surface area (Å²) in [6.45, 7) is 5.00. The quantitative estimate of drug-likeness (QED) is 0.855. The van der Waals surface area contributed by atoms with Crippen molar-refractivity contribution in [3.63, 3.8) is 0 Å². The Morgan fingerprint density at radius 1 is 1.23 bits per heavy atom. The molecule has 6 nitrogen and oxygen atoms in total. The Kier molecular flexibility index (Phi) is 5.79. The van der Waals surface area contributed by atoms with Gasteiger partial charge in [-0.3, -0.25) is 9.52 Å². The van der Waals surface area contributed by atoms with Gasteiger partial charge in [-0.15, -0.1) is 0 Å². The van der Waals surface area contributed by atoms with Crippen molar-refractivity contribution in [1.29, 1.82) is 0 Å². The molecule has 0 unspecified atom stereocenters. The van der Waals surface area contributed by atoms with Gasteiger partial charge in [0.1, 0.15) is 0 Å². The van der Waals surface area contributed by atoms with Gasteiger partial charge in [0.05, 0.1) is 5.75 Å². The fourth-order valence-electron chi connectivity index (χ4n) is 2.41. The number of sulfonamides is 1. The van der Waals surface area contributed by atoms with E-state index >= 15 is 0 Å². The molecule has 1 fully saturated rings. The predicted octanol–water partition coefficient (Wildman–Crippen LogP) is 1.27. The van der Waals surface area contributed by atoms with E-state index in [4.69, 9.17) is 0 Å². The Balaban J connectivity index is 2.03. The van der Waals surface area contributed by atoms with Crippen LogP contribution in [0.15, 0.2) is 24.3 Å². The fraction of sp³-hybridized carbons (Fsp3) is 0.533. The smallest absolute Gasteiger partial charge is 0.253 e. The molecule has 1 saturated heterocycles. The highest BCUT2D eigenvalue weighted by atomic mass is 32.2. The Bertz CT molecular complexity index is 591. The van der Waals surface area contributed by atoms with Gasteiger partial charge in [0.2, 0.25) is 10.0 Å². The van der Waals surface area contributed by atoms with E-state index in [1.54, 1.807) is 24.3 Å². The van der Waals surface area contributed by atoms with Crippen LogP contribution in [0.3, 0.4) is 0 Å². The minimum absolute atomic E-state index is 0.00772. The van der Waals surface area contributed by atoms with Gasteiger partial charge in [0.15, 0.2) is 0 Å². The van der Waals surface area contributed by atoms with E-state index in [0.717, 1.165) is 26.1 Å². The molecule has 2 N–H and O–H groups in total. The zero-order valence-electron chi connectivity index (χ0n) is 12.8. The zero-order chi connectivity index (χ0) is 16.0. The molecule has 22 heavy (non-hydrogen) atoms. The summed E-state index contributed by atoms with van der Waals surface area (Å²) >= 11 is 0. The minimum Gasteiger partial charge on any atom is -0.337 e. The van der Waals surface area contributed by atoms with Crippen molar-refractivity contribution >= 4 is 21.6 Å². The summed E-state index contributed by atoms with van der Waals surface area (Å²) in [4.78, 5) is 14.2. The van der Waals surface area contributed by atoms with Gasteiger partial charge in [-0.25, -0.2) is 8.42 Å². The van der Waals surface area contributed by atoms with E-state index in [2.05, 4.69) is 10.0 Å². The third-order valence-electron chi connectivity index (χ3n) is 3.51. The molecule has 0 atom stereocenters. The second kappa shape index (κ2) is 7.60. The number of amides is 1. The van der Waals surface area contributed by atoms with E-state index in [0.29, 0.717) is 24.2 Å². The lowest BCUT2D eigenvalue weighted by molar-refractivity contribution is 0.0766. The van der Waals surface area contributed by atoms with E-state index in [1.165, 1.54) is 0 Å². The Morgan fingerprint density at radius 3 is 2.64 bits per heavy atom. The van der Waals surface area contributed by atoms with Crippen LogP contribution in [0, 0.1) is 0 Å². The average molecular weight is 325 g/mol. The Labute approximate surface area is 131 Å². The second-order valence-electron chi connectivity index (χ2n) is 5.39. The normalized spacial score (nSPS) is 16.1. The highest BCUT2D eigenvalue weighted by molar-refractivity contribution is 7.92. The molecule has 0 spiro atoms. The molecular weight excluding hydrogens is 302 g/mol. The molecule has 1 amide bonds. The number of hydrogen-bond donors (Lipinski definition) is 2. The first-order valence-corrected chi connectivity index (χ1v) is 9.27. The molecule has 0 saturated carbocycles. The molecule has 0 bridgehead atoms. The molecule has 1 aliphatic rings. The first kappa shape index (κ1) is 16.8. The van der Waals surface area contributed by atoms with Gasteiger partial charge < -0.3 is 10.2 Å². The maximum Gasteiger partial charge on any atom is 0.253 e. The molecule has 1 heterocycles.